The predicted octanol–water partition coefficient (Wildman–Crippen LogP) is 3.22. The molecular weight excluding hydrogens is 407 g/mol. The number of nitrogens with one attached hydrogen (secondary N) is 3. The number of hydrogen-bond acceptors (Lipinski definition) is 4. The first-order chi connectivity index (χ1) is 13.6. The van der Waals surface area contributed by atoms with Gasteiger partial charge in [-0.2, -0.15) is 13.2 Å². The first-order valence-electron chi connectivity index (χ1n) is 8.97. The Morgan fingerprint density at radius 3 is 2.31 bits per heavy atom. The summed E-state index contributed by atoms with van der Waals surface area (Å²) in [6.07, 6.45) is -2.52. The summed E-state index contributed by atoms with van der Waals surface area (Å²) < 4.78 is 65.6. The summed E-state index contributed by atoms with van der Waals surface area (Å²) in [4.78, 5) is 12.1. The fraction of sp³-hybridized carbons (Fsp3) is 0.316. The number of benzene rings is 2. The van der Waals surface area contributed by atoms with Gasteiger partial charge in [-0.15, -0.1) is 0 Å². The second kappa shape index (κ2) is 8.42. The number of halogens is 3. The molecule has 1 aliphatic carbocycles. The van der Waals surface area contributed by atoms with Crippen LogP contribution in [0.5, 0.6) is 0 Å². The van der Waals surface area contributed by atoms with E-state index in [1.54, 1.807) is 12.1 Å². The summed E-state index contributed by atoms with van der Waals surface area (Å²) >= 11 is 0. The first kappa shape index (κ1) is 21.1. The Morgan fingerprint density at radius 2 is 1.69 bits per heavy atom. The minimum atomic E-state index is -4.54. The molecule has 2 aromatic carbocycles. The molecule has 1 aliphatic rings. The number of amides is 1. The number of para-hydroxylation sites is 1. The van der Waals surface area contributed by atoms with E-state index in [1.165, 1.54) is 30.3 Å². The van der Waals surface area contributed by atoms with Gasteiger partial charge >= 0.3 is 6.18 Å². The molecule has 3 N–H and O–H groups in total. The fourth-order valence-electron chi connectivity index (χ4n) is 2.62. The van der Waals surface area contributed by atoms with E-state index in [0.29, 0.717) is 6.42 Å². The van der Waals surface area contributed by atoms with Crippen molar-refractivity contribution in [3.05, 3.63) is 59.7 Å². The second-order valence-corrected chi connectivity index (χ2v) is 8.47. The number of rotatable bonds is 8. The van der Waals surface area contributed by atoms with Crippen molar-refractivity contribution >= 4 is 21.6 Å². The Balaban J connectivity index is 1.51. The van der Waals surface area contributed by atoms with E-state index in [0.717, 1.165) is 24.5 Å². The minimum Gasteiger partial charge on any atom is -0.298 e. The van der Waals surface area contributed by atoms with Crippen LogP contribution in [-0.4, -0.2) is 20.4 Å². The summed E-state index contributed by atoms with van der Waals surface area (Å²) in [6, 6.07) is 11.0. The molecule has 0 heterocycles. The van der Waals surface area contributed by atoms with Crippen molar-refractivity contribution in [3.63, 3.8) is 0 Å². The maximum atomic E-state index is 12.9. The van der Waals surface area contributed by atoms with Gasteiger partial charge in [0.1, 0.15) is 0 Å². The SMILES string of the molecule is O=C(CCc1ccc(S(=O)(=O)NC2CC2)cc1)NNc1ccccc1C(F)(F)F. The van der Waals surface area contributed by atoms with Crippen LogP contribution >= 0.6 is 0 Å². The van der Waals surface area contributed by atoms with Gasteiger partial charge in [0.05, 0.1) is 16.1 Å². The normalized spacial score (nSPS) is 14.4. The van der Waals surface area contributed by atoms with E-state index in [9.17, 15) is 26.4 Å². The van der Waals surface area contributed by atoms with Crippen LogP contribution in [0, 0.1) is 0 Å². The van der Waals surface area contributed by atoms with Crippen LogP contribution in [0.3, 0.4) is 0 Å². The quantitative estimate of drug-likeness (QED) is 0.565. The van der Waals surface area contributed by atoms with Gasteiger partial charge in [0.25, 0.3) is 0 Å². The van der Waals surface area contributed by atoms with Crippen molar-refractivity contribution in [3.8, 4) is 0 Å². The summed E-state index contributed by atoms with van der Waals surface area (Å²) in [6.45, 7) is 0. The van der Waals surface area contributed by atoms with Gasteiger partial charge in [-0.05, 0) is 49.1 Å². The number of anilines is 1. The molecular formula is C19H20F3N3O3S. The molecule has 0 spiro atoms. The average molecular weight is 427 g/mol. The highest BCUT2D eigenvalue weighted by Crippen LogP contribution is 2.34. The third kappa shape index (κ3) is 5.94. The van der Waals surface area contributed by atoms with E-state index >= 15 is 0 Å². The number of carbonyl (C=O) groups is 1. The molecule has 2 aromatic rings. The van der Waals surface area contributed by atoms with E-state index in [-0.39, 0.29) is 23.0 Å². The Morgan fingerprint density at radius 1 is 1.03 bits per heavy atom. The molecule has 156 valence electrons. The number of alkyl halides is 3. The molecule has 1 amide bonds. The summed E-state index contributed by atoms with van der Waals surface area (Å²) in [5.41, 5.74) is 4.17. The molecule has 0 aliphatic heterocycles. The topological polar surface area (TPSA) is 87.3 Å². The Hall–Kier alpha value is -2.59. The lowest BCUT2D eigenvalue weighted by molar-refractivity contribution is -0.137. The van der Waals surface area contributed by atoms with Gasteiger partial charge in [-0.3, -0.25) is 15.6 Å². The van der Waals surface area contributed by atoms with Gasteiger partial charge in [-0.1, -0.05) is 24.3 Å². The zero-order valence-electron chi connectivity index (χ0n) is 15.3. The Bertz CT molecular complexity index is 972. The first-order valence-corrected chi connectivity index (χ1v) is 10.5. The third-order valence-corrected chi connectivity index (χ3v) is 5.88. The molecule has 10 heteroatoms. The minimum absolute atomic E-state index is 0.0124. The molecule has 0 aromatic heterocycles. The molecule has 0 unspecified atom stereocenters. The largest absolute Gasteiger partial charge is 0.418 e. The van der Waals surface area contributed by atoms with Gasteiger partial charge in [0.15, 0.2) is 0 Å². The molecule has 0 atom stereocenters. The van der Waals surface area contributed by atoms with Crippen LogP contribution in [-0.2, 0) is 27.4 Å². The van der Waals surface area contributed by atoms with Crippen LogP contribution in [0.4, 0.5) is 18.9 Å². The predicted molar refractivity (Wildman–Crippen MR) is 101 cm³/mol. The average Bonchev–Trinajstić information content (AvgIpc) is 3.48. The fourth-order valence-corrected chi connectivity index (χ4v) is 3.93. The second-order valence-electron chi connectivity index (χ2n) is 6.76. The molecule has 0 bridgehead atoms. The molecule has 0 radical (unpaired) electrons. The molecule has 0 saturated heterocycles. The molecule has 6 nitrogen and oxygen atoms in total. The molecule has 1 saturated carbocycles. The standard InChI is InChI=1S/C19H20F3N3O3S/c20-19(21,22)16-3-1-2-4-17(16)23-24-18(26)12-7-13-5-10-15(11-6-13)29(27,28)25-14-8-9-14/h1-6,10-11,14,23,25H,7-9,12H2,(H,24,26). The monoisotopic (exact) mass is 427 g/mol. The van der Waals surface area contributed by atoms with Crippen LogP contribution in [0.2, 0.25) is 0 Å². The van der Waals surface area contributed by atoms with Gasteiger partial charge < -0.3 is 0 Å². The van der Waals surface area contributed by atoms with Crippen molar-refractivity contribution in [1.29, 1.82) is 0 Å². The lowest BCUT2D eigenvalue weighted by Gasteiger charge is -2.15. The van der Waals surface area contributed by atoms with Gasteiger partial charge in [-0.25, -0.2) is 13.1 Å². The number of sulfonamides is 1. The third-order valence-electron chi connectivity index (χ3n) is 4.34. The van der Waals surface area contributed by atoms with Crippen molar-refractivity contribution in [1.82, 2.24) is 10.1 Å². The van der Waals surface area contributed by atoms with Crippen molar-refractivity contribution in [2.45, 2.75) is 42.8 Å². The number of carbonyl (C=O) groups excluding carboxylic acids is 1. The number of hydrogen-bond donors (Lipinski definition) is 3. The maximum Gasteiger partial charge on any atom is 0.418 e. The molecule has 3 rings (SSSR count). The summed E-state index contributed by atoms with van der Waals surface area (Å²) in [5.74, 6) is -0.492. The van der Waals surface area contributed by atoms with E-state index in [4.69, 9.17) is 0 Å². The highest BCUT2D eigenvalue weighted by Gasteiger charge is 2.33. The van der Waals surface area contributed by atoms with Gasteiger partial charge in [0, 0.05) is 12.5 Å². The van der Waals surface area contributed by atoms with Gasteiger partial charge in [0.2, 0.25) is 15.9 Å². The van der Waals surface area contributed by atoms with E-state index < -0.39 is 27.7 Å². The number of aryl methyl sites for hydroxylation is 1. The van der Waals surface area contributed by atoms with Crippen molar-refractivity contribution < 1.29 is 26.4 Å². The summed E-state index contributed by atoms with van der Waals surface area (Å²) in [5, 5.41) is 0. The van der Waals surface area contributed by atoms with E-state index in [2.05, 4.69) is 15.6 Å². The highest BCUT2D eigenvalue weighted by atomic mass is 32.2. The van der Waals surface area contributed by atoms with Crippen LogP contribution < -0.4 is 15.6 Å². The highest BCUT2D eigenvalue weighted by molar-refractivity contribution is 7.89. The Kier molecular flexibility index (Phi) is 6.13. The Labute approximate surface area is 166 Å². The molecule has 1 fully saturated rings. The maximum absolute atomic E-state index is 12.9. The summed E-state index contributed by atoms with van der Waals surface area (Å²) in [7, 11) is -3.53. The zero-order chi connectivity index (χ0) is 21.1. The van der Waals surface area contributed by atoms with Crippen LogP contribution in [0.1, 0.15) is 30.4 Å². The van der Waals surface area contributed by atoms with E-state index in [1.807, 2.05) is 0 Å². The molecule has 29 heavy (non-hydrogen) atoms. The lowest BCUT2D eigenvalue weighted by Crippen LogP contribution is -2.30. The zero-order valence-corrected chi connectivity index (χ0v) is 16.1. The van der Waals surface area contributed by atoms with Crippen molar-refractivity contribution in [2.75, 3.05) is 5.43 Å². The number of hydrazine groups is 1. The van der Waals surface area contributed by atoms with Crippen LogP contribution in [0.25, 0.3) is 0 Å². The lowest BCUT2D eigenvalue weighted by atomic mass is 10.1. The smallest absolute Gasteiger partial charge is 0.298 e. The van der Waals surface area contributed by atoms with Crippen LogP contribution in [0.15, 0.2) is 53.4 Å². The van der Waals surface area contributed by atoms with Crippen molar-refractivity contribution in [2.24, 2.45) is 0 Å².